The number of nitrogens with zero attached hydrogens (tertiary/aromatic N) is 2. The van der Waals surface area contributed by atoms with Crippen molar-refractivity contribution in [2.24, 2.45) is 0 Å². The minimum atomic E-state index is 0.146. The molecule has 4 nitrogen and oxygen atoms in total. The first-order chi connectivity index (χ1) is 12.7. The zero-order valence-electron chi connectivity index (χ0n) is 14.7. The standard InChI is InChI=1S/C20H24ClN3OS/c21-18-8-1-2-9-19(18)26-15-20(25)24(14-16-6-3-4-12-23-16)17-7-5-11-22-13-10-17/h1-4,6,8-9,12,17,22H,5,7,10-11,13-15H2. The summed E-state index contributed by atoms with van der Waals surface area (Å²) in [6.45, 7) is 2.54. The van der Waals surface area contributed by atoms with E-state index in [0.29, 0.717) is 17.3 Å². The molecule has 0 radical (unpaired) electrons. The number of aromatic nitrogens is 1. The number of carbonyl (C=O) groups is 1. The van der Waals surface area contributed by atoms with Crippen molar-refractivity contribution in [1.29, 1.82) is 0 Å². The Kier molecular flexibility index (Phi) is 7.35. The fraction of sp³-hybridized carbons (Fsp3) is 0.400. The van der Waals surface area contributed by atoms with Gasteiger partial charge in [0, 0.05) is 17.1 Å². The summed E-state index contributed by atoms with van der Waals surface area (Å²) < 4.78 is 0. The van der Waals surface area contributed by atoms with Crippen LogP contribution in [0.5, 0.6) is 0 Å². The normalized spacial score (nSPS) is 17.5. The van der Waals surface area contributed by atoms with E-state index in [4.69, 9.17) is 11.6 Å². The van der Waals surface area contributed by atoms with Gasteiger partial charge >= 0.3 is 0 Å². The molecular formula is C20H24ClN3OS. The van der Waals surface area contributed by atoms with Crippen LogP contribution >= 0.6 is 23.4 Å². The molecule has 1 aliphatic rings. The summed E-state index contributed by atoms with van der Waals surface area (Å²) in [6, 6.07) is 13.8. The summed E-state index contributed by atoms with van der Waals surface area (Å²) in [5.41, 5.74) is 0.931. The molecule has 1 fully saturated rings. The average Bonchev–Trinajstić information content (AvgIpc) is 2.95. The molecule has 1 amide bonds. The first kappa shape index (κ1) is 19.2. The van der Waals surface area contributed by atoms with Crippen LogP contribution in [0.2, 0.25) is 5.02 Å². The molecule has 1 unspecified atom stereocenters. The second kappa shape index (κ2) is 9.95. The lowest BCUT2D eigenvalue weighted by Gasteiger charge is -2.31. The molecule has 1 aromatic carbocycles. The van der Waals surface area contributed by atoms with Gasteiger partial charge < -0.3 is 10.2 Å². The Morgan fingerprint density at radius 3 is 2.85 bits per heavy atom. The van der Waals surface area contributed by atoms with Crippen molar-refractivity contribution in [3.8, 4) is 0 Å². The number of nitrogens with one attached hydrogen (secondary N) is 1. The van der Waals surface area contributed by atoms with E-state index < -0.39 is 0 Å². The first-order valence-corrected chi connectivity index (χ1v) is 10.4. The van der Waals surface area contributed by atoms with Crippen LogP contribution in [0.15, 0.2) is 53.6 Å². The van der Waals surface area contributed by atoms with Gasteiger partial charge in [0.2, 0.25) is 5.91 Å². The molecule has 138 valence electrons. The van der Waals surface area contributed by atoms with Crippen molar-refractivity contribution < 1.29 is 4.79 Å². The van der Waals surface area contributed by atoms with Gasteiger partial charge in [-0.05, 0) is 56.6 Å². The number of amides is 1. The molecule has 0 spiro atoms. The summed E-state index contributed by atoms with van der Waals surface area (Å²) in [7, 11) is 0. The molecule has 1 N–H and O–H groups in total. The number of hydrogen-bond acceptors (Lipinski definition) is 4. The highest BCUT2D eigenvalue weighted by atomic mass is 35.5. The third kappa shape index (κ3) is 5.47. The summed E-state index contributed by atoms with van der Waals surface area (Å²) in [6.07, 6.45) is 4.89. The van der Waals surface area contributed by atoms with E-state index in [-0.39, 0.29) is 11.9 Å². The summed E-state index contributed by atoms with van der Waals surface area (Å²) in [5.74, 6) is 0.535. The van der Waals surface area contributed by atoms with Gasteiger partial charge in [0.25, 0.3) is 0 Å². The number of pyridine rings is 1. The molecule has 0 aliphatic carbocycles. The smallest absolute Gasteiger partial charge is 0.233 e. The van der Waals surface area contributed by atoms with Crippen molar-refractivity contribution in [3.63, 3.8) is 0 Å². The van der Waals surface area contributed by atoms with Gasteiger partial charge in [0.15, 0.2) is 0 Å². The van der Waals surface area contributed by atoms with E-state index in [9.17, 15) is 4.79 Å². The van der Waals surface area contributed by atoms with Crippen LogP contribution < -0.4 is 5.32 Å². The summed E-state index contributed by atoms with van der Waals surface area (Å²) >= 11 is 7.73. The van der Waals surface area contributed by atoms with E-state index in [1.54, 1.807) is 6.20 Å². The van der Waals surface area contributed by atoms with Crippen molar-refractivity contribution in [2.45, 2.75) is 36.7 Å². The molecule has 1 atom stereocenters. The van der Waals surface area contributed by atoms with Crippen molar-refractivity contribution in [1.82, 2.24) is 15.2 Å². The molecule has 6 heteroatoms. The number of benzene rings is 1. The molecule has 2 heterocycles. The third-order valence-corrected chi connectivity index (χ3v) is 6.05. The Morgan fingerprint density at radius 1 is 1.19 bits per heavy atom. The predicted octanol–water partition coefficient (Wildman–Crippen LogP) is 4.00. The maximum atomic E-state index is 13.1. The van der Waals surface area contributed by atoms with Crippen LogP contribution in [0, 0.1) is 0 Å². The van der Waals surface area contributed by atoms with Gasteiger partial charge in [-0.2, -0.15) is 0 Å². The SMILES string of the molecule is O=C(CSc1ccccc1Cl)N(Cc1ccccn1)C1CCCNCC1. The van der Waals surface area contributed by atoms with E-state index in [2.05, 4.69) is 10.3 Å². The fourth-order valence-corrected chi connectivity index (χ4v) is 4.31. The maximum Gasteiger partial charge on any atom is 0.233 e. The van der Waals surface area contributed by atoms with Crippen LogP contribution in [0.1, 0.15) is 25.0 Å². The largest absolute Gasteiger partial charge is 0.333 e. The van der Waals surface area contributed by atoms with E-state index in [0.717, 1.165) is 42.9 Å². The minimum Gasteiger partial charge on any atom is -0.333 e. The number of carbonyl (C=O) groups excluding carboxylic acids is 1. The average molecular weight is 390 g/mol. The summed E-state index contributed by atoms with van der Waals surface area (Å²) in [4.78, 5) is 20.4. The number of thioether (sulfide) groups is 1. The maximum absolute atomic E-state index is 13.1. The van der Waals surface area contributed by atoms with Gasteiger partial charge in [0.05, 0.1) is 23.0 Å². The van der Waals surface area contributed by atoms with E-state index in [1.165, 1.54) is 11.8 Å². The monoisotopic (exact) mass is 389 g/mol. The number of hydrogen-bond donors (Lipinski definition) is 1. The fourth-order valence-electron chi connectivity index (χ4n) is 3.18. The highest BCUT2D eigenvalue weighted by molar-refractivity contribution is 8.00. The predicted molar refractivity (Wildman–Crippen MR) is 107 cm³/mol. The minimum absolute atomic E-state index is 0.146. The number of rotatable bonds is 6. The van der Waals surface area contributed by atoms with Crippen molar-refractivity contribution in [2.75, 3.05) is 18.8 Å². The lowest BCUT2D eigenvalue weighted by Crippen LogP contribution is -2.41. The van der Waals surface area contributed by atoms with Gasteiger partial charge in [0.1, 0.15) is 0 Å². The van der Waals surface area contributed by atoms with Gasteiger partial charge in [-0.3, -0.25) is 9.78 Å². The van der Waals surface area contributed by atoms with Gasteiger partial charge in [-0.1, -0.05) is 29.8 Å². The Hall–Kier alpha value is -1.56. The van der Waals surface area contributed by atoms with Gasteiger partial charge in [-0.15, -0.1) is 11.8 Å². The lowest BCUT2D eigenvalue weighted by molar-refractivity contribution is -0.131. The summed E-state index contributed by atoms with van der Waals surface area (Å²) in [5, 5.41) is 4.12. The highest BCUT2D eigenvalue weighted by Crippen LogP contribution is 2.27. The molecule has 1 aromatic heterocycles. The Labute approximate surface area is 164 Å². The molecule has 1 aliphatic heterocycles. The molecule has 0 saturated carbocycles. The molecule has 2 aromatic rings. The van der Waals surface area contributed by atoms with Crippen LogP contribution in [0.3, 0.4) is 0 Å². The second-order valence-corrected chi connectivity index (χ2v) is 7.82. The van der Waals surface area contributed by atoms with E-state index >= 15 is 0 Å². The Bertz CT molecular complexity index is 705. The molecule has 1 saturated heterocycles. The molecule has 0 bridgehead atoms. The zero-order chi connectivity index (χ0) is 18.2. The van der Waals surface area contributed by atoms with E-state index in [1.807, 2.05) is 47.4 Å². The third-order valence-electron chi connectivity index (χ3n) is 4.55. The van der Waals surface area contributed by atoms with Crippen molar-refractivity contribution in [3.05, 3.63) is 59.4 Å². The molecule has 26 heavy (non-hydrogen) atoms. The topological polar surface area (TPSA) is 45.2 Å². The van der Waals surface area contributed by atoms with Crippen LogP contribution in [-0.2, 0) is 11.3 Å². The molecule has 3 rings (SSSR count). The quantitative estimate of drug-likeness (QED) is 0.758. The van der Waals surface area contributed by atoms with Crippen LogP contribution in [0.4, 0.5) is 0 Å². The highest BCUT2D eigenvalue weighted by Gasteiger charge is 2.25. The van der Waals surface area contributed by atoms with Crippen LogP contribution in [-0.4, -0.2) is 40.7 Å². The lowest BCUT2D eigenvalue weighted by atomic mass is 10.1. The van der Waals surface area contributed by atoms with Crippen molar-refractivity contribution >= 4 is 29.3 Å². The Morgan fingerprint density at radius 2 is 2.04 bits per heavy atom. The van der Waals surface area contributed by atoms with Gasteiger partial charge in [-0.25, -0.2) is 0 Å². The molecular weight excluding hydrogens is 366 g/mol. The number of halogens is 1. The second-order valence-electron chi connectivity index (χ2n) is 6.40. The first-order valence-electron chi connectivity index (χ1n) is 9.01. The van der Waals surface area contributed by atoms with Crippen LogP contribution in [0.25, 0.3) is 0 Å². The zero-order valence-corrected chi connectivity index (χ0v) is 16.3. The Balaban J connectivity index is 1.70.